The maximum absolute atomic E-state index is 12.0. The SMILES string of the molecule is Cn1ncc(N)c1-c1ccc(OC(F)F)cc1. The van der Waals surface area contributed by atoms with Gasteiger partial charge in [0.2, 0.25) is 0 Å². The summed E-state index contributed by atoms with van der Waals surface area (Å²) >= 11 is 0. The van der Waals surface area contributed by atoms with Gasteiger partial charge in [-0.25, -0.2) is 0 Å². The Morgan fingerprint density at radius 1 is 1.29 bits per heavy atom. The molecule has 0 amide bonds. The number of nitrogen functional groups attached to an aromatic ring is 1. The summed E-state index contributed by atoms with van der Waals surface area (Å²) in [4.78, 5) is 0. The first-order valence-electron chi connectivity index (χ1n) is 4.90. The molecule has 6 heteroatoms. The number of nitrogens with zero attached hydrogens (tertiary/aromatic N) is 2. The van der Waals surface area contributed by atoms with Gasteiger partial charge in [0.25, 0.3) is 0 Å². The van der Waals surface area contributed by atoms with Crippen molar-refractivity contribution in [3.8, 4) is 17.0 Å². The average Bonchev–Trinajstić information content (AvgIpc) is 2.59. The number of halogens is 2. The van der Waals surface area contributed by atoms with Crippen LogP contribution in [0.3, 0.4) is 0 Å². The predicted molar refractivity (Wildman–Crippen MR) is 59.7 cm³/mol. The van der Waals surface area contributed by atoms with Crippen LogP contribution in [0.5, 0.6) is 5.75 Å². The van der Waals surface area contributed by atoms with Gasteiger partial charge in [0.1, 0.15) is 5.75 Å². The number of anilines is 1. The van der Waals surface area contributed by atoms with Crippen LogP contribution in [-0.4, -0.2) is 16.4 Å². The number of alkyl halides is 2. The standard InChI is InChI=1S/C11H11F2N3O/c1-16-10(9(14)6-15-16)7-2-4-8(5-3-7)17-11(12)13/h2-6,11H,14H2,1H3. The number of rotatable bonds is 3. The van der Waals surface area contributed by atoms with Crippen molar-refractivity contribution in [2.75, 3.05) is 5.73 Å². The molecule has 2 N–H and O–H groups in total. The van der Waals surface area contributed by atoms with Crippen molar-refractivity contribution in [1.29, 1.82) is 0 Å². The molecule has 0 fully saturated rings. The molecular weight excluding hydrogens is 228 g/mol. The third-order valence-electron chi connectivity index (χ3n) is 2.32. The molecule has 0 atom stereocenters. The number of hydrogen-bond acceptors (Lipinski definition) is 3. The zero-order valence-corrected chi connectivity index (χ0v) is 9.10. The molecule has 0 aliphatic carbocycles. The van der Waals surface area contributed by atoms with Crippen molar-refractivity contribution >= 4 is 5.69 Å². The summed E-state index contributed by atoms with van der Waals surface area (Å²) in [6.45, 7) is -2.82. The Morgan fingerprint density at radius 3 is 2.41 bits per heavy atom. The van der Waals surface area contributed by atoms with Crippen LogP contribution in [0, 0.1) is 0 Å². The monoisotopic (exact) mass is 239 g/mol. The molecule has 2 aromatic rings. The summed E-state index contributed by atoms with van der Waals surface area (Å²) in [5.74, 6) is 0.115. The topological polar surface area (TPSA) is 53.1 Å². The highest BCUT2D eigenvalue weighted by Gasteiger charge is 2.09. The zero-order valence-electron chi connectivity index (χ0n) is 9.10. The van der Waals surface area contributed by atoms with Crippen LogP contribution >= 0.6 is 0 Å². The molecule has 0 aliphatic rings. The number of ether oxygens (including phenoxy) is 1. The van der Waals surface area contributed by atoms with Gasteiger partial charge in [0.15, 0.2) is 0 Å². The summed E-state index contributed by atoms with van der Waals surface area (Å²) in [7, 11) is 1.76. The van der Waals surface area contributed by atoms with Gasteiger partial charge in [-0.15, -0.1) is 0 Å². The average molecular weight is 239 g/mol. The van der Waals surface area contributed by atoms with Crippen LogP contribution in [0.4, 0.5) is 14.5 Å². The molecule has 2 rings (SSSR count). The van der Waals surface area contributed by atoms with Crippen molar-refractivity contribution in [1.82, 2.24) is 9.78 Å². The molecule has 90 valence electrons. The first-order chi connectivity index (χ1) is 8.08. The Labute approximate surface area is 96.6 Å². The van der Waals surface area contributed by atoms with Crippen LogP contribution in [0.2, 0.25) is 0 Å². The molecule has 0 spiro atoms. The van der Waals surface area contributed by atoms with Crippen molar-refractivity contribution in [3.05, 3.63) is 30.5 Å². The number of hydrogen-bond donors (Lipinski definition) is 1. The molecule has 0 unspecified atom stereocenters. The lowest BCUT2D eigenvalue weighted by Gasteiger charge is -2.07. The van der Waals surface area contributed by atoms with E-state index >= 15 is 0 Å². The van der Waals surface area contributed by atoms with Crippen LogP contribution < -0.4 is 10.5 Å². The van der Waals surface area contributed by atoms with Gasteiger partial charge < -0.3 is 10.5 Å². The minimum atomic E-state index is -2.82. The highest BCUT2D eigenvalue weighted by Crippen LogP contribution is 2.27. The van der Waals surface area contributed by atoms with Gasteiger partial charge in [-0.3, -0.25) is 4.68 Å². The Hall–Kier alpha value is -2.11. The lowest BCUT2D eigenvalue weighted by atomic mass is 10.1. The number of aromatic nitrogens is 2. The highest BCUT2D eigenvalue weighted by atomic mass is 19.3. The second kappa shape index (κ2) is 4.40. The van der Waals surface area contributed by atoms with Crippen LogP contribution in [0.15, 0.2) is 30.5 Å². The highest BCUT2D eigenvalue weighted by molar-refractivity contribution is 5.72. The normalized spacial score (nSPS) is 10.8. The molecule has 0 radical (unpaired) electrons. The summed E-state index contributed by atoms with van der Waals surface area (Å²) in [5, 5.41) is 4.00. The van der Waals surface area contributed by atoms with E-state index in [0.717, 1.165) is 11.3 Å². The molecule has 1 aromatic heterocycles. The van der Waals surface area contributed by atoms with E-state index in [2.05, 4.69) is 9.84 Å². The van der Waals surface area contributed by atoms with E-state index in [4.69, 9.17) is 5.73 Å². The smallest absolute Gasteiger partial charge is 0.387 e. The van der Waals surface area contributed by atoms with E-state index in [1.807, 2.05) is 0 Å². The van der Waals surface area contributed by atoms with Gasteiger partial charge in [-0.05, 0) is 24.3 Å². The van der Waals surface area contributed by atoms with Crippen molar-refractivity contribution in [2.24, 2.45) is 7.05 Å². The molecule has 0 saturated heterocycles. The first-order valence-corrected chi connectivity index (χ1v) is 4.90. The van der Waals surface area contributed by atoms with Gasteiger partial charge >= 0.3 is 6.61 Å². The van der Waals surface area contributed by atoms with E-state index in [-0.39, 0.29) is 5.75 Å². The summed E-state index contributed by atoms with van der Waals surface area (Å²) in [5.41, 5.74) is 7.83. The largest absolute Gasteiger partial charge is 0.435 e. The van der Waals surface area contributed by atoms with Crippen LogP contribution in [-0.2, 0) is 7.05 Å². The van der Waals surface area contributed by atoms with Crippen molar-refractivity contribution in [3.63, 3.8) is 0 Å². The van der Waals surface area contributed by atoms with Gasteiger partial charge in [0.05, 0.1) is 17.6 Å². The second-order valence-corrected chi connectivity index (χ2v) is 3.48. The van der Waals surface area contributed by atoms with E-state index in [1.165, 1.54) is 12.1 Å². The van der Waals surface area contributed by atoms with E-state index < -0.39 is 6.61 Å². The summed E-state index contributed by atoms with van der Waals surface area (Å²) in [6, 6.07) is 6.25. The van der Waals surface area contributed by atoms with E-state index in [1.54, 1.807) is 30.1 Å². The fraction of sp³-hybridized carbons (Fsp3) is 0.182. The number of benzene rings is 1. The summed E-state index contributed by atoms with van der Waals surface area (Å²) < 4.78 is 29.8. The number of aryl methyl sites for hydroxylation is 1. The first kappa shape index (κ1) is 11.4. The molecular formula is C11H11F2N3O. The van der Waals surface area contributed by atoms with E-state index in [0.29, 0.717) is 5.69 Å². The molecule has 0 aliphatic heterocycles. The van der Waals surface area contributed by atoms with Gasteiger partial charge in [-0.1, -0.05) is 0 Å². The minimum Gasteiger partial charge on any atom is -0.435 e. The third kappa shape index (κ3) is 2.35. The molecule has 0 saturated carbocycles. The van der Waals surface area contributed by atoms with Gasteiger partial charge in [-0.2, -0.15) is 13.9 Å². The maximum Gasteiger partial charge on any atom is 0.387 e. The van der Waals surface area contributed by atoms with Crippen molar-refractivity contribution < 1.29 is 13.5 Å². The predicted octanol–water partition coefficient (Wildman–Crippen LogP) is 2.27. The van der Waals surface area contributed by atoms with E-state index in [9.17, 15) is 8.78 Å². The third-order valence-corrected chi connectivity index (χ3v) is 2.32. The molecule has 17 heavy (non-hydrogen) atoms. The minimum absolute atomic E-state index is 0.115. The Balaban J connectivity index is 2.30. The molecule has 1 aromatic carbocycles. The second-order valence-electron chi connectivity index (χ2n) is 3.48. The molecule has 0 bridgehead atoms. The summed E-state index contributed by atoms with van der Waals surface area (Å²) in [6.07, 6.45) is 1.54. The lowest BCUT2D eigenvalue weighted by Crippen LogP contribution is -2.01. The molecule has 4 nitrogen and oxygen atoms in total. The quantitative estimate of drug-likeness (QED) is 0.893. The Morgan fingerprint density at radius 2 is 1.94 bits per heavy atom. The number of nitrogens with two attached hydrogens (primary N) is 1. The Bertz CT molecular complexity index is 488. The maximum atomic E-state index is 12.0. The molecule has 1 heterocycles. The zero-order chi connectivity index (χ0) is 12.4. The van der Waals surface area contributed by atoms with Gasteiger partial charge in [0, 0.05) is 12.6 Å². The van der Waals surface area contributed by atoms with Crippen LogP contribution in [0.1, 0.15) is 0 Å². The fourth-order valence-electron chi connectivity index (χ4n) is 1.60. The fourth-order valence-corrected chi connectivity index (χ4v) is 1.60. The van der Waals surface area contributed by atoms with Crippen LogP contribution in [0.25, 0.3) is 11.3 Å². The Kier molecular flexibility index (Phi) is 2.95. The van der Waals surface area contributed by atoms with Crippen molar-refractivity contribution in [2.45, 2.75) is 6.61 Å². The lowest BCUT2D eigenvalue weighted by molar-refractivity contribution is -0.0498.